The van der Waals surface area contributed by atoms with Crippen molar-refractivity contribution in [2.45, 2.75) is 49.1 Å². The summed E-state index contributed by atoms with van der Waals surface area (Å²) in [6.45, 7) is 3.76. The molecule has 2 nitrogen and oxygen atoms in total. The highest BCUT2D eigenvalue weighted by Crippen LogP contribution is 2.44. The lowest BCUT2D eigenvalue weighted by molar-refractivity contribution is 0.139. The maximum absolute atomic E-state index is 3.59. The first-order valence-electron chi connectivity index (χ1n) is 8.60. The summed E-state index contributed by atoms with van der Waals surface area (Å²) in [6, 6.07) is 10.7. The van der Waals surface area contributed by atoms with Gasteiger partial charge in [0.15, 0.2) is 0 Å². The number of hydrogen-bond donors (Lipinski definition) is 1. The molecule has 2 aliphatic heterocycles. The molecular weight excluding hydrogens is 276 g/mol. The molecule has 2 unspecified atom stereocenters. The average molecular weight is 302 g/mol. The summed E-state index contributed by atoms with van der Waals surface area (Å²) >= 11 is 2.05. The number of hydrogen-bond acceptors (Lipinski definition) is 3. The van der Waals surface area contributed by atoms with Crippen molar-refractivity contribution in [3.05, 3.63) is 29.8 Å². The van der Waals surface area contributed by atoms with Crippen molar-refractivity contribution < 1.29 is 0 Å². The number of nitrogens with zero attached hydrogens (tertiary/aromatic N) is 1. The summed E-state index contributed by atoms with van der Waals surface area (Å²) in [6.07, 6.45) is 6.95. The molecule has 2 fully saturated rings. The Labute approximate surface area is 132 Å². The second kappa shape index (κ2) is 6.31. The van der Waals surface area contributed by atoms with Crippen LogP contribution in [-0.2, 0) is 0 Å². The van der Waals surface area contributed by atoms with Crippen molar-refractivity contribution in [1.29, 1.82) is 0 Å². The topological polar surface area (TPSA) is 15.3 Å². The van der Waals surface area contributed by atoms with Crippen LogP contribution in [0.15, 0.2) is 29.2 Å². The van der Waals surface area contributed by atoms with Crippen molar-refractivity contribution in [2.24, 2.45) is 5.92 Å². The van der Waals surface area contributed by atoms with E-state index in [2.05, 4.69) is 34.5 Å². The number of nitrogens with one attached hydrogen (secondary N) is 1. The van der Waals surface area contributed by atoms with Gasteiger partial charge in [-0.05, 0) is 68.5 Å². The van der Waals surface area contributed by atoms with E-state index >= 15 is 0 Å². The zero-order valence-electron chi connectivity index (χ0n) is 12.8. The minimum absolute atomic E-state index is 0.678. The number of benzene rings is 1. The fourth-order valence-corrected chi connectivity index (χ4v) is 5.09. The minimum atomic E-state index is 0.678. The van der Waals surface area contributed by atoms with Crippen molar-refractivity contribution in [3.8, 4) is 0 Å². The zero-order chi connectivity index (χ0) is 14.1. The fraction of sp³-hybridized carbons (Fsp3) is 0.667. The van der Waals surface area contributed by atoms with E-state index in [1.807, 2.05) is 11.8 Å². The molecule has 3 aliphatic rings. The molecule has 1 N–H and O–H groups in total. The van der Waals surface area contributed by atoms with Crippen molar-refractivity contribution >= 4 is 11.8 Å². The van der Waals surface area contributed by atoms with Gasteiger partial charge in [-0.15, -0.1) is 11.8 Å². The number of piperidine rings is 1. The van der Waals surface area contributed by atoms with Crippen molar-refractivity contribution in [2.75, 3.05) is 25.4 Å². The third kappa shape index (κ3) is 3.15. The van der Waals surface area contributed by atoms with E-state index in [0.717, 1.165) is 12.0 Å². The molecule has 0 spiro atoms. The molecule has 0 amide bonds. The molecule has 21 heavy (non-hydrogen) atoms. The third-order valence-electron chi connectivity index (χ3n) is 5.21. The lowest BCUT2D eigenvalue weighted by atomic mass is 9.95. The van der Waals surface area contributed by atoms with Crippen LogP contribution in [-0.4, -0.2) is 36.3 Å². The van der Waals surface area contributed by atoms with Crippen LogP contribution in [0.1, 0.15) is 43.7 Å². The van der Waals surface area contributed by atoms with E-state index in [1.165, 1.54) is 62.4 Å². The highest BCUT2D eigenvalue weighted by atomic mass is 32.2. The normalized spacial score (nSPS) is 29.4. The van der Waals surface area contributed by atoms with Gasteiger partial charge in [0.05, 0.1) is 0 Å². The number of thioether (sulfide) groups is 1. The van der Waals surface area contributed by atoms with E-state index < -0.39 is 0 Å². The summed E-state index contributed by atoms with van der Waals surface area (Å²) in [4.78, 5) is 4.40. The first-order chi connectivity index (χ1) is 10.4. The van der Waals surface area contributed by atoms with E-state index in [0.29, 0.717) is 6.04 Å². The Kier molecular flexibility index (Phi) is 4.24. The molecular formula is C18H26N2S. The van der Waals surface area contributed by atoms with Gasteiger partial charge in [-0.2, -0.15) is 0 Å². The predicted molar refractivity (Wildman–Crippen MR) is 89.8 cm³/mol. The molecule has 0 bridgehead atoms. The second-order valence-corrected chi connectivity index (χ2v) is 7.97. The van der Waals surface area contributed by atoms with Crippen molar-refractivity contribution in [3.63, 3.8) is 0 Å². The van der Waals surface area contributed by atoms with Gasteiger partial charge >= 0.3 is 0 Å². The van der Waals surface area contributed by atoms with Gasteiger partial charge in [-0.25, -0.2) is 0 Å². The van der Waals surface area contributed by atoms with E-state index in [4.69, 9.17) is 0 Å². The largest absolute Gasteiger partial charge is 0.316 e. The van der Waals surface area contributed by atoms with E-state index in [-0.39, 0.29) is 0 Å². The molecule has 3 heteroatoms. The Morgan fingerprint density at radius 1 is 1.14 bits per heavy atom. The molecule has 0 radical (unpaired) electrons. The molecule has 2 heterocycles. The second-order valence-electron chi connectivity index (χ2n) is 6.83. The van der Waals surface area contributed by atoms with Crippen LogP contribution in [0, 0.1) is 5.92 Å². The van der Waals surface area contributed by atoms with Crippen LogP contribution in [0.2, 0.25) is 0 Å². The molecule has 2 atom stereocenters. The average Bonchev–Trinajstić information content (AvgIpc) is 3.38. The Morgan fingerprint density at radius 3 is 2.86 bits per heavy atom. The lowest BCUT2D eigenvalue weighted by Crippen LogP contribution is -2.41. The summed E-state index contributed by atoms with van der Waals surface area (Å²) < 4.78 is 0. The first kappa shape index (κ1) is 14.1. The molecule has 1 aromatic rings. The SMILES string of the molecule is c1ccc2c(c1)SCCC2N(CC1CCCNC1)C1CC1. The Balaban J connectivity index is 1.54. The van der Waals surface area contributed by atoms with Crippen LogP contribution in [0.5, 0.6) is 0 Å². The molecule has 1 saturated heterocycles. The summed E-state index contributed by atoms with van der Waals surface area (Å²) in [7, 11) is 0. The highest BCUT2D eigenvalue weighted by Gasteiger charge is 2.37. The molecule has 1 saturated carbocycles. The maximum atomic E-state index is 3.59. The van der Waals surface area contributed by atoms with Crippen LogP contribution in [0.4, 0.5) is 0 Å². The molecule has 1 aromatic carbocycles. The third-order valence-corrected chi connectivity index (χ3v) is 6.33. The number of rotatable bonds is 4. The van der Waals surface area contributed by atoms with Crippen molar-refractivity contribution in [1.82, 2.24) is 10.2 Å². The molecule has 114 valence electrons. The van der Waals surface area contributed by atoms with Gasteiger partial charge in [0, 0.05) is 23.5 Å². The lowest BCUT2D eigenvalue weighted by Gasteiger charge is -2.38. The van der Waals surface area contributed by atoms with Gasteiger partial charge in [-0.1, -0.05) is 18.2 Å². The minimum Gasteiger partial charge on any atom is -0.316 e. The predicted octanol–water partition coefficient (Wildman–Crippen LogP) is 3.69. The fourth-order valence-electron chi connectivity index (χ4n) is 3.98. The molecule has 1 aliphatic carbocycles. The smallest absolute Gasteiger partial charge is 0.0370 e. The number of fused-ring (bicyclic) bond motifs is 1. The maximum Gasteiger partial charge on any atom is 0.0370 e. The first-order valence-corrected chi connectivity index (χ1v) is 9.58. The Hall–Kier alpha value is -0.510. The van der Waals surface area contributed by atoms with E-state index in [1.54, 1.807) is 5.56 Å². The summed E-state index contributed by atoms with van der Waals surface area (Å²) in [5.41, 5.74) is 1.60. The van der Waals surface area contributed by atoms with Gasteiger partial charge in [0.25, 0.3) is 0 Å². The van der Waals surface area contributed by atoms with Gasteiger partial charge in [-0.3, -0.25) is 4.90 Å². The van der Waals surface area contributed by atoms with Gasteiger partial charge in [0.2, 0.25) is 0 Å². The monoisotopic (exact) mass is 302 g/mol. The summed E-state index contributed by atoms with van der Waals surface area (Å²) in [5.74, 6) is 2.15. The van der Waals surface area contributed by atoms with Crippen LogP contribution >= 0.6 is 11.8 Å². The van der Waals surface area contributed by atoms with E-state index in [9.17, 15) is 0 Å². The van der Waals surface area contributed by atoms with Crippen LogP contribution in [0.3, 0.4) is 0 Å². The van der Waals surface area contributed by atoms with Crippen LogP contribution in [0.25, 0.3) is 0 Å². The summed E-state index contributed by atoms with van der Waals surface area (Å²) in [5, 5.41) is 3.59. The quantitative estimate of drug-likeness (QED) is 0.913. The van der Waals surface area contributed by atoms with Crippen LogP contribution < -0.4 is 5.32 Å². The molecule has 0 aromatic heterocycles. The van der Waals surface area contributed by atoms with Gasteiger partial charge in [0.1, 0.15) is 0 Å². The highest BCUT2D eigenvalue weighted by molar-refractivity contribution is 7.99. The Bertz CT molecular complexity index is 480. The zero-order valence-corrected chi connectivity index (χ0v) is 13.6. The molecule has 4 rings (SSSR count). The Morgan fingerprint density at radius 2 is 2.05 bits per heavy atom. The van der Waals surface area contributed by atoms with Gasteiger partial charge < -0.3 is 5.32 Å². The standard InChI is InChI=1S/C18H26N2S/c1-2-6-18-16(5-1)17(9-11-21-18)20(15-7-8-15)13-14-4-3-10-19-12-14/h1-2,5-6,14-15,17,19H,3-4,7-13H2.